The topological polar surface area (TPSA) is 81.4 Å². The number of carbonyl (C=O) groups is 2. The van der Waals surface area contributed by atoms with Gasteiger partial charge in [-0.2, -0.15) is 0 Å². The number of ether oxygens (including phenoxy) is 1. The van der Waals surface area contributed by atoms with Gasteiger partial charge in [0.15, 0.2) is 0 Å². The van der Waals surface area contributed by atoms with Crippen molar-refractivity contribution in [3.05, 3.63) is 29.8 Å². The van der Waals surface area contributed by atoms with Crippen molar-refractivity contribution in [1.29, 1.82) is 0 Å². The number of nitrogens with two attached hydrogens (primary N) is 1. The highest BCUT2D eigenvalue weighted by molar-refractivity contribution is 5.97. The lowest BCUT2D eigenvalue weighted by atomic mass is 9.81. The van der Waals surface area contributed by atoms with E-state index in [9.17, 15) is 9.59 Å². The molecule has 1 aromatic rings. The van der Waals surface area contributed by atoms with Gasteiger partial charge in [0.25, 0.3) is 0 Å². The predicted octanol–water partition coefficient (Wildman–Crippen LogP) is 2.57. The summed E-state index contributed by atoms with van der Waals surface area (Å²) in [5.74, 6) is -0.513. The Kier molecular flexibility index (Phi) is 6.37. The van der Waals surface area contributed by atoms with Gasteiger partial charge in [-0.3, -0.25) is 4.79 Å². The minimum Gasteiger partial charge on any atom is -0.462 e. The molecule has 0 heterocycles. The van der Waals surface area contributed by atoms with Crippen LogP contribution in [0.25, 0.3) is 0 Å². The Labute approximate surface area is 125 Å². The monoisotopic (exact) mass is 292 g/mol. The van der Waals surface area contributed by atoms with E-state index in [1.54, 1.807) is 31.2 Å². The van der Waals surface area contributed by atoms with E-state index in [0.29, 0.717) is 37.2 Å². The molecule has 0 aliphatic heterocycles. The van der Waals surface area contributed by atoms with Crippen LogP contribution in [-0.2, 0) is 9.53 Å². The van der Waals surface area contributed by atoms with Gasteiger partial charge in [0.1, 0.15) is 0 Å². The Bertz CT molecular complexity index is 488. The highest BCUT2D eigenvalue weighted by atomic mass is 16.5. The molecule has 1 amide bonds. The molecule has 0 aliphatic carbocycles. The van der Waals surface area contributed by atoms with Crippen molar-refractivity contribution in [3.63, 3.8) is 0 Å². The average Bonchev–Trinajstić information content (AvgIpc) is 2.50. The van der Waals surface area contributed by atoms with Crippen molar-refractivity contribution in [2.45, 2.75) is 33.6 Å². The normalized spacial score (nSPS) is 11.0. The molecule has 5 nitrogen and oxygen atoms in total. The number of anilines is 1. The number of amides is 1. The Balaban J connectivity index is 2.90. The standard InChI is InChI=1S/C16H24N2O3/c1-4-16(5-2,11-17)15(20)18-13-9-7-8-12(10-13)14(19)21-6-3/h7-10H,4-6,11,17H2,1-3H3,(H,18,20). The Morgan fingerprint density at radius 2 is 1.90 bits per heavy atom. The molecule has 5 heteroatoms. The number of esters is 1. The summed E-state index contributed by atoms with van der Waals surface area (Å²) in [6, 6.07) is 6.73. The van der Waals surface area contributed by atoms with Crippen molar-refractivity contribution in [2.75, 3.05) is 18.5 Å². The van der Waals surface area contributed by atoms with Gasteiger partial charge in [-0.1, -0.05) is 19.9 Å². The van der Waals surface area contributed by atoms with Gasteiger partial charge in [0, 0.05) is 12.2 Å². The number of benzene rings is 1. The molecule has 0 aliphatic rings. The lowest BCUT2D eigenvalue weighted by Crippen LogP contribution is -2.41. The van der Waals surface area contributed by atoms with E-state index in [2.05, 4.69) is 5.32 Å². The maximum absolute atomic E-state index is 12.4. The zero-order valence-corrected chi connectivity index (χ0v) is 12.9. The third-order valence-electron chi connectivity index (χ3n) is 3.86. The summed E-state index contributed by atoms with van der Waals surface area (Å²) in [6.07, 6.45) is 1.34. The molecule has 0 saturated carbocycles. The van der Waals surface area contributed by atoms with Gasteiger partial charge in [-0.15, -0.1) is 0 Å². The first-order valence-electron chi connectivity index (χ1n) is 7.31. The highest BCUT2D eigenvalue weighted by Gasteiger charge is 2.33. The maximum atomic E-state index is 12.4. The Hall–Kier alpha value is -1.88. The lowest BCUT2D eigenvalue weighted by molar-refractivity contribution is -0.125. The van der Waals surface area contributed by atoms with E-state index in [1.807, 2.05) is 13.8 Å². The summed E-state index contributed by atoms with van der Waals surface area (Å²) in [7, 11) is 0. The van der Waals surface area contributed by atoms with E-state index in [4.69, 9.17) is 10.5 Å². The second kappa shape index (κ2) is 7.78. The third-order valence-corrected chi connectivity index (χ3v) is 3.86. The molecular weight excluding hydrogens is 268 g/mol. The van der Waals surface area contributed by atoms with Crippen LogP contribution in [-0.4, -0.2) is 25.0 Å². The minimum absolute atomic E-state index is 0.115. The van der Waals surface area contributed by atoms with Crippen molar-refractivity contribution >= 4 is 17.6 Å². The molecule has 1 aromatic carbocycles. The van der Waals surface area contributed by atoms with Crippen LogP contribution in [0.5, 0.6) is 0 Å². The van der Waals surface area contributed by atoms with Crippen molar-refractivity contribution < 1.29 is 14.3 Å². The van der Waals surface area contributed by atoms with Gasteiger partial charge in [-0.05, 0) is 38.0 Å². The first-order chi connectivity index (χ1) is 10.0. The lowest BCUT2D eigenvalue weighted by Gasteiger charge is -2.28. The average molecular weight is 292 g/mol. The van der Waals surface area contributed by atoms with Crippen LogP contribution >= 0.6 is 0 Å². The molecule has 1 rings (SSSR count). The molecule has 0 unspecified atom stereocenters. The maximum Gasteiger partial charge on any atom is 0.338 e. The molecule has 21 heavy (non-hydrogen) atoms. The summed E-state index contributed by atoms with van der Waals surface area (Å²) in [5.41, 5.74) is 6.19. The quantitative estimate of drug-likeness (QED) is 0.757. The highest BCUT2D eigenvalue weighted by Crippen LogP contribution is 2.27. The molecule has 0 spiro atoms. The second-order valence-corrected chi connectivity index (χ2v) is 4.95. The van der Waals surface area contributed by atoms with Crippen LogP contribution in [0.15, 0.2) is 24.3 Å². The van der Waals surface area contributed by atoms with Crippen LogP contribution in [0.1, 0.15) is 44.0 Å². The van der Waals surface area contributed by atoms with Crippen molar-refractivity contribution in [1.82, 2.24) is 0 Å². The van der Waals surface area contributed by atoms with E-state index >= 15 is 0 Å². The largest absolute Gasteiger partial charge is 0.462 e. The number of hydrogen-bond donors (Lipinski definition) is 2. The van der Waals surface area contributed by atoms with E-state index in [0.717, 1.165) is 0 Å². The van der Waals surface area contributed by atoms with Crippen LogP contribution in [0.2, 0.25) is 0 Å². The Morgan fingerprint density at radius 1 is 1.24 bits per heavy atom. The summed E-state index contributed by atoms with van der Waals surface area (Å²) >= 11 is 0. The number of rotatable bonds is 7. The molecule has 3 N–H and O–H groups in total. The molecule has 0 saturated heterocycles. The molecule has 0 radical (unpaired) electrons. The van der Waals surface area contributed by atoms with Crippen LogP contribution in [0.4, 0.5) is 5.69 Å². The van der Waals surface area contributed by atoms with Crippen molar-refractivity contribution in [3.8, 4) is 0 Å². The molecule has 116 valence electrons. The molecule has 0 fully saturated rings. The number of nitrogens with one attached hydrogen (secondary N) is 1. The first kappa shape index (κ1) is 17.2. The summed E-state index contributed by atoms with van der Waals surface area (Å²) in [4.78, 5) is 24.1. The molecule has 0 aromatic heterocycles. The van der Waals surface area contributed by atoms with Gasteiger partial charge < -0.3 is 15.8 Å². The predicted molar refractivity (Wildman–Crippen MR) is 83.1 cm³/mol. The fourth-order valence-electron chi connectivity index (χ4n) is 2.15. The summed E-state index contributed by atoms with van der Waals surface area (Å²) in [6.45, 7) is 6.26. The van der Waals surface area contributed by atoms with Gasteiger partial charge in [0.05, 0.1) is 17.6 Å². The van der Waals surface area contributed by atoms with Crippen LogP contribution in [0.3, 0.4) is 0 Å². The zero-order chi connectivity index (χ0) is 15.9. The minimum atomic E-state index is -0.570. The van der Waals surface area contributed by atoms with Gasteiger partial charge in [0.2, 0.25) is 5.91 Å². The van der Waals surface area contributed by atoms with E-state index in [1.165, 1.54) is 0 Å². The van der Waals surface area contributed by atoms with Crippen molar-refractivity contribution in [2.24, 2.45) is 11.1 Å². The zero-order valence-electron chi connectivity index (χ0n) is 12.9. The van der Waals surface area contributed by atoms with Crippen LogP contribution < -0.4 is 11.1 Å². The van der Waals surface area contributed by atoms with Crippen LogP contribution in [0, 0.1) is 5.41 Å². The third kappa shape index (κ3) is 4.04. The molecular formula is C16H24N2O3. The SMILES string of the molecule is CCOC(=O)c1cccc(NC(=O)C(CC)(CC)CN)c1. The number of carbonyl (C=O) groups excluding carboxylic acids is 2. The van der Waals surface area contributed by atoms with E-state index < -0.39 is 11.4 Å². The summed E-state index contributed by atoms with van der Waals surface area (Å²) in [5, 5.41) is 2.85. The Morgan fingerprint density at radius 3 is 2.43 bits per heavy atom. The molecule has 0 bridgehead atoms. The number of hydrogen-bond acceptors (Lipinski definition) is 4. The fraction of sp³-hybridized carbons (Fsp3) is 0.500. The second-order valence-electron chi connectivity index (χ2n) is 4.95. The summed E-state index contributed by atoms with van der Waals surface area (Å²) < 4.78 is 4.95. The smallest absolute Gasteiger partial charge is 0.338 e. The van der Waals surface area contributed by atoms with Gasteiger partial charge in [-0.25, -0.2) is 4.79 Å². The fourth-order valence-corrected chi connectivity index (χ4v) is 2.15. The van der Waals surface area contributed by atoms with E-state index in [-0.39, 0.29) is 5.91 Å². The molecule has 0 atom stereocenters. The van der Waals surface area contributed by atoms with Gasteiger partial charge >= 0.3 is 5.97 Å². The first-order valence-corrected chi connectivity index (χ1v) is 7.31.